The maximum Gasteiger partial charge on any atom is 0.227 e. The van der Waals surface area contributed by atoms with Gasteiger partial charge in [-0.25, -0.2) is 0 Å². The fourth-order valence-corrected chi connectivity index (χ4v) is 3.52. The van der Waals surface area contributed by atoms with Crippen molar-refractivity contribution in [2.75, 3.05) is 25.2 Å². The molecule has 0 saturated carbocycles. The summed E-state index contributed by atoms with van der Waals surface area (Å²) in [6.45, 7) is 1.63. The Morgan fingerprint density at radius 3 is 2.80 bits per heavy atom. The van der Waals surface area contributed by atoms with E-state index in [9.17, 15) is 4.79 Å². The number of anilines is 1. The largest absolute Gasteiger partial charge is 0.381 e. The number of rotatable bonds is 2. The van der Waals surface area contributed by atoms with E-state index in [1.165, 1.54) is 11.1 Å². The van der Waals surface area contributed by atoms with E-state index < -0.39 is 0 Å². The Hall–Kier alpha value is -1.06. The Labute approximate surface area is 124 Å². The Morgan fingerprint density at radius 1 is 1.30 bits per heavy atom. The number of amides is 1. The van der Waals surface area contributed by atoms with Gasteiger partial charge in [0.2, 0.25) is 5.91 Å². The molecule has 0 spiro atoms. The van der Waals surface area contributed by atoms with Gasteiger partial charge in [0.15, 0.2) is 0 Å². The molecule has 1 unspecified atom stereocenters. The molecule has 3 rings (SSSR count). The molecule has 0 radical (unpaired) electrons. The predicted octanol–water partition coefficient (Wildman–Crippen LogP) is 3.30. The highest BCUT2D eigenvalue weighted by atomic mass is 35.5. The van der Waals surface area contributed by atoms with E-state index in [2.05, 4.69) is 12.1 Å². The zero-order valence-corrected chi connectivity index (χ0v) is 12.5. The van der Waals surface area contributed by atoms with Gasteiger partial charge in [-0.2, -0.15) is 0 Å². The monoisotopic (exact) mass is 293 g/mol. The molecule has 1 aromatic carbocycles. The van der Waals surface area contributed by atoms with Crippen LogP contribution in [0.2, 0.25) is 0 Å². The molecule has 0 bridgehead atoms. The number of aryl methyl sites for hydroxylation is 1. The van der Waals surface area contributed by atoms with Crippen molar-refractivity contribution in [2.24, 2.45) is 5.92 Å². The van der Waals surface area contributed by atoms with Crippen LogP contribution < -0.4 is 4.90 Å². The van der Waals surface area contributed by atoms with Crippen molar-refractivity contribution in [2.45, 2.75) is 31.1 Å². The van der Waals surface area contributed by atoms with Gasteiger partial charge in [0.25, 0.3) is 0 Å². The van der Waals surface area contributed by atoms with E-state index in [4.69, 9.17) is 16.3 Å². The minimum atomic E-state index is 0.0483. The second-order valence-electron chi connectivity index (χ2n) is 5.69. The number of fused-ring (bicyclic) bond motifs is 1. The van der Waals surface area contributed by atoms with Crippen molar-refractivity contribution in [3.63, 3.8) is 0 Å². The maximum absolute atomic E-state index is 11.7. The van der Waals surface area contributed by atoms with Crippen molar-refractivity contribution in [1.82, 2.24) is 0 Å². The summed E-state index contributed by atoms with van der Waals surface area (Å²) in [4.78, 5) is 13.5. The van der Waals surface area contributed by atoms with Crippen LogP contribution in [0.4, 0.5) is 5.69 Å². The highest BCUT2D eigenvalue weighted by Crippen LogP contribution is 2.38. The Bertz CT molecular complexity index is 511. The molecule has 2 heterocycles. The van der Waals surface area contributed by atoms with Gasteiger partial charge in [0.05, 0.1) is 5.38 Å². The summed E-state index contributed by atoms with van der Waals surface area (Å²) in [5.41, 5.74) is 3.45. The zero-order chi connectivity index (χ0) is 14.1. The van der Waals surface area contributed by atoms with Gasteiger partial charge >= 0.3 is 0 Å². The zero-order valence-electron chi connectivity index (χ0n) is 11.8. The van der Waals surface area contributed by atoms with Crippen molar-refractivity contribution in [3.8, 4) is 0 Å². The number of halogens is 1. The van der Waals surface area contributed by atoms with Crippen LogP contribution in [0.25, 0.3) is 0 Å². The summed E-state index contributed by atoms with van der Waals surface area (Å²) < 4.78 is 5.40. The molecule has 108 valence electrons. The molecular weight excluding hydrogens is 274 g/mol. The molecule has 1 atom stereocenters. The second-order valence-corrected chi connectivity index (χ2v) is 6.16. The number of carbonyl (C=O) groups is 1. The van der Waals surface area contributed by atoms with Crippen LogP contribution in [0, 0.1) is 5.92 Å². The highest BCUT2D eigenvalue weighted by Gasteiger charge is 2.26. The van der Waals surface area contributed by atoms with Gasteiger partial charge in [-0.3, -0.25) is 4.79 Å². The van der Waals surface area contributed by atoms with Crippen molar-refractivity contribution in [3.05, 3.63) is 29.3 Å². The van der Waals surface area contributed by atoms with Gasteiger partial charge in [0, 0.05) is 32.4 Å². The lowest BCUT2D eigenvalue weighted by Crippen LogP contribution is -2.31. The molecule has 1 aromatic rings. The summed E-state index contributed by atoms with van der Waals surface area (Å²) in [6.07, 6.45) is 3.48. The van der Waals surface area contributed by atoms with Crippen LogP contribution in [-0.2, 0) is 16.0 Å². The molecule has 1 amide bonds. The lowest BCUT2D eigenvalue weighted by molar-refractivity contribution is -0.118. The van der Waals surface area contributed by atoms with Crippen molar-refractivity contribution < 1.29 is 9.53 Å². The maximum atomic E-state index is 11.7. The third kappa shape index (κ3) is 2.57. The highest BCUT2D eigenvalue weighted by molar-refractivity contribution is 6.21. The summed E-state index contributed by atoms with van der Waals surface area (Å²) in [7, 11) is 1.84. The Balaban J connectivity index is 1.83. The van der Waals surface area contributed by atoms with Crippen molar-refractivity contribution >= 4 is 23.2 Å². The van der Waals surface area contributed by atoms with Gasteiger partial charge in [0.1, 0.15) is 0 Å². The lowest BCUT2D eigenvalue weighted by Gasteiger charge is -2.29. The quantitative estimate of drug-likeness (QED) is 0.783. The standard InChI is InChI=1S/C16H20ClNO2/c1-18-14-4-2-13(10-12(14)3-5-15(18)19)16(17)11-6-8-20-9-7-11/h2,4,10-11,16H,3,5-9H2,1H3. The first-order chi connectivity index (χ1) is 9.66. The van der Waals surface area contributed by atoms with Crippen LogP contribution in [0.15, 0.2) is 18.2 Å². The number of ether oxygens (including phenoxy) is 1. The van der Waals surface area contributed by atoms with Gasteiger partial charge in [-0.1, -0.05) is 12.1 Å². The summed E-state index contributed by atoms with van der Waals surface area (Å²) in [6, 6.07) is 6.29. The first kappa shape index (κ1) is 13.9. The van der Waals surface area contributed by atoms with Crippen LogP contribution in [0.5, 0.6) is 0 Å². The molecule has 0 aromatic heterocycles. The van der Waals surface area contributed by atoms with E-state index in [-0.39, 0.29) is 11.3 Å². The number of hydrogen-bond donors (Lipinski definition) is 0. The first-order valence-corrected chi connectivity index (χ1v) is 7.71. The molecule has 0 N–H and O–H groups in total. The molecule has 2 aliphatic heterocycles. The Morgan fingerprint density at radius 2 is 2.05 bits per heavy atom. The topological polar surface area (TPSA) is 29.5 Å². The third-order valence-electron chi connectivity index (χ3n) is 4.45. The molecule has 0 aliphatic carbocycles. The van der Waals surface area contributed by atoms with Gasteiger partial charge in [-0.05, 0) is 42.4 Å². The summed E-state index contributed by atoms with van der Waals surface area (Å²) >= 11 is 6.66. The van der Waals surface area contributed by atoms with Gasteiger partial charge < -0.3 is 9.64 Å². The van der Waals surface area contributed by atoms with E-state index >= 15 is 0 Å². The molecule has 4 heteroatoms. The van der Waals surface area contributed by atoms with Crippen LogP contribution in [-0.4, -0.2) is 26.2 Å². The molecule has 1 fully saturated rings. The average molecular weight is 294 g/mol. The van der Waals surface area contributed by atoms with E-state index in [0.717, 1.165) is 38.2 Å². The molecular formula is C16H20ClNO2. The first-order valence-electron chi connectivity index (χ1n) is 7.28. The average Bonchev–Trinajstić information content (AvgIpc) is 2.51. The molecule has 1 saturated heterocycles. The van der Waals surface area contributed by atoms with E-state index in [1.54, 1.807) is 4.90 Å². The molecule has 2 aliphatic rings. The minimum absolute atomic E-state index is 0.0483. The second kappa shape index (κ2) is 5.74. The number of benzene rings is 1. The van der Waals surface area contributed by atoms with Crippen LogP contribution in [0.1, 0.15) is 35.8 Å². The third-order valence-corrected chi connectivity index (χ3v) is 5.05. The predicted molar refractivity (Wildman–Crippen MR) is 80.3 cm³/mol. The number of hydrogen-bond acceptors (Lipinski definition) is 2. The number of alkyl halides is 1. The fourth-order valence-electron chi connectivity index (χ4n) is 3.13. The van der Waals surface area contributed by atoms with E-state index in [1.807, 2.05) is 13.1 Å². The van der Waals surface area contributed by atoms with E-state index in [0.29, 0.717) is 12.3 Å². The van der Waals surface area contributed by atoms with Gasteiger partial charge in [-0.15, -0.1) is 11.6 Å². The minimum Gasteiger partial charge on any atom is -0.381 e. The molecule has 3 nitrogen and oxygen atoms in total. The Kier molecular flexibility index (Phi) is 3.99. The lowest BCUT2D eigenvalue weighted by atomic mass is 9.89. The SMILES string of the molecule is CN1C(=O)CCc2cc(C(Cl)C3CCOCC3)ccc21. The van der Waals surface area contributed by atoms with Crippen molar-refractivity contribution in [1.29, 1.82) is 0 Å². The normalized spacial score (nSPS) is 21.7. The molecule has 20 heavy (non-hydrogen) atoms. The fraction of sp³-hybridized carbons (Fsp3) is 0.562. The summed E-state index contributed by atoms with van der Waals surface area (Å²) in [5.74, 6) is 0.684. The number of carbonyl (C=O) groups excluding carboxylic acids is 1. The van der Waals surface area contributed by atoms with Crippen LogP contribution >= 0.6 is 11.6 Å². The summed E-state index contributed by atoms with van der Waals surface area (Å²) in [5, 5.41) is 0.0483. The van der Waals surface area contributed by atoms with Crippen LogP contribution in [0.3, 0.4) is 0 Å². The number of nitrogens with zero attached hydrogens (tertiary/aromatic N) is 1. The smallest absolute Gasteiger partial charge is 0.227 e.